The fourth-order valence-corrected chi connectivity index (χ4v) is 5.18. The molecule has 0 radical (unpaired) electrons. The Morgan fingerprint density at radius 3 is 2.11 bits per heavy atom. The largest absolute Gasteiger partial charge is 0.490 e. The third-order valence-corrected chi connectivity index (χ3v) is 7.85. The van der Waals surface area contributed by atoms with Gasteiger partial charge in [-0.2, -0.15) is 26.3 Å². The first kappa shape index (κ1) is 43.3. The van der Waals surface area contributed by atoms with Gasteiger partial charge in [-0.3, -0.25) is 4.79 Å². The molecule has 19 heteroatoms. The second kappa shape index (κ2) is 19.8. The number of carboxylic acids is 2. The highest BCUT2D eigenvalue weighted by Gasteiger charge is 2.38. The maximum Gasteiger partial charge on any atom is 0.490 e. The zero-order valence-corrected chi connectivity index (χ0v) is 29.6. The molecule has 0 saturated heterocycles. The highest BCUT2D eigenvalue weighted by molar-refractivity contribution is 5.86. The molecule has 0 unspecified atom stereocenters. The lowest BCUT2D eigenvalue weighted by Gasteiger charge is -2.18. The van der Waals surface area contributed by atoms with Crippen LogP contribution in [0.4, 0.5) is 31.1 Å². The number of benzene rings is 3. The number of aromatic amines is 1. The van der Waals surface area contributed by atoms with E-state index in [0.717, 1.165) is 58.6 Å². The zero-order valence-electron chi connectivity index (χ0n) is 29.6. The molecule has 5 rings (SSSR count). The van der Waals surface area contributed by atoms with Crippen molar-refractivity contribution in [2.24, 2.45) is 0 Å². The van der Waals surface area contributed by atoms with Gasteiger partial charge in [0, 0.05) is 38.5 Å². The number of hydrogen-bond donors (Lipinski definition) is 6. The van der Waals surface area contributed by atoms with Gasteiger partial charge in [0.2, 0.25) is 5.91 Å². The summed E-state index contributed by atoms with van der Waals surface area (Å²) >= 11 is 0. The molecule has 296 valence electrons. The number of hydrogen-bond acceptors (Lipinski definition) is 6. The highest BCUT2D eigenvalue weighted by atomic mass is 19.4. The van der Waals surface area contributed by atoms with Crippen LogP contribution in [0.5, 0.6) is 0 Å². The fourth-order valence-electron chi connectivity index (χ4n) is 5.18. The summed E-state index contributed by atoms with van der Waals surface area (Å²) in [7, 11) is 1.60. The monoisotopic (exact) mass is 779 g/mol. The van der Waals surface area contributed by atoms with Crippen molar-refractivity contribution < 1.29 is 55.7 Å². The number of aryl methyl sites for hydroxylation is 2. The van der Waals surface area contributed by atoms with E-state index in [9.17, 15) is 35.9 Å². The quantitative estimate of drug-likeness (QED) is 0.0592. The lowest BCUT2D eigenvalue weighted by atomic mass is 10.1. The molecular weight excluding hydrogens is 740 g/mol. The average molecular weight is 780 g/mol. The first-order valence-electron chi connectivity index (χ1n) is 16.8. The molecule has 0 bridgehead atoms. The Balaban J connectivity index is 0.000000494. The SMILES string of the molecule is CCc1nc2ccccc2n1CCC(=O)N[C@@H](CCCCNC(=O)NC)c1ncc(-c2ccc3ccccc3c2)[nH]1.O=C(O)C(F)(F)F.O=C(O)C(F)(F)F. The Bertz CT molecular complexity index is 2040. The van der Waals surface area contributed by atoms with Crippen molar-refractivity contribution in [1.29, 1.82) is 0 Å². The number of aliphatic carboxylic acids is 2. The minimum absolute atomic E-state index is 0.0398. The van der Waals surface area contributed by atoms with Crippen LogP contribution in [0.2, 0.25) is 0 Å². The zero-order chi connectivity index (χ0) is 40.8. The molecule has 13 nitrogen and oxygen atoms in total. The molecule has 0 aliphatic carbocycles. The highest BCUT2D eigenvalue weighted by Crippen LogP contribution is 2.26. The summed E-state index contributed by atoms with van der Waals surface area (Å²) in [5.41, 5.74) is 3.94. The first-order valence-corrected chi connectivity index (χ1v) is 16.8. The van der Waals surface area contributed by atoms with Gasteiger partial charge in [0.25, 0.3) is 0 Å². The summed E-state index contributed by atoms with van der Waals surface area (Å²) in [5.74, 6) is -3.85. The average Bonchev–Trinajstić information content (AvgIpc) is 3.78. The predicted octanol–water partition coefficient (Wildman–Crippen LogP) is 6.76. The van der Waals surface area contributed by atoms with Gasteiger partial charge in [0.1, 0.15) is 11.6 Å². The molecule has 1 atom stereocenters. The number of unbranched alkanes of at least 4 members (excludes halogenated alkanes) is 1. The number of alkyl halides is 6. The van der Waals surface area contributed by atoms with Crippen LogP contribution in [0.25, 0.3) is 33.1 Å². The van der Waals surface area contributed by atoms with E-state index in [2.05, 4.69) is 67.7 Å². The Morgan fingerprint density at radius 2 is 1.49 bits per heavy atom. The molecule has 2 heterocycles. The van der Waals surface area contributed by atoms with Crippen molar-refractivity contribution in [3.05, 3.63) is 84.6 Å². The number of carbonyl (C=O) groups excluding carboxylic acids is 2. The summed E-state index contributed by atoms with van der Waals surface area (Å²) in [5, 5.41) is 25.2. The summed E-state index contributed by atoms with van der Waals surface area (Å²) in [6.45, 7) is 3.20. The normalized spacial score (nSPS) is 11.8. The van der Waals surface area contributed by atoms with Crippen LogP contribution in [-0.2, 0) is 27.3 Å². The second-order valence-corrected chi connectivity index (χ2v) is 11.7. The third-order valence-electron chi connectivity index (χ3n) is 7.85. The summed E-state index contributed by atoms with van der Waals surface area (Å²) in [6.07, 6.45) is -4.91. The number of rotatable bonds is 12. The molecule has 6 N–H and O–H groups in total. The van der Waals surface area contributed by atoms with Crippen LogP contribution in [0.1, 0.15) is 50.3 Å². The van der Waals surface area contributed by atoms with Crippen molar-refractivity contribution in [3.8, 4) is 11.3 Å². The number of H-pyrrole nitrogens is 1. The van der Waals surface area contributed by atoms with Crippen molar-refractivity contribution in [2.75, 3.05) is 13.6 Å². The van der Waals surface area contributed by atoms with Crippen LogP contribution in [-0.4, -0.2) is 79.6 Å². The maximum absolute atomic E-state index is 13.2. The Kier molecular flexibility index (Phi) is 15.6. The van der Waals surface area contributed by atoms with E-state index in [0.29, 0.717) is 25.9 Å². The van der Waals surface area contributed by atoms with Crippen LogP contribution in [0, 0.1) is 0 Å². The predicted molar refractivity (Wildman–Crippen MR) is 190 cm³/mol. The molecule has 0 spiro atoms. The van der Waals surface area contributed by atoms with Crippen LogP contribution < -0.4 is 16.0 Å². The van der Waals surface area contributed by atoms with Gasteiger partial charge in [-0.25, -0.2) is 24.4 Å². The van der Waals surface area contributed by atoms with E-state index >= 15 is 0 Å². The third kappa shape index (κ3) is 13.3. The lowest BCUT2D eigenvalue weighted by molar-refractivity contribution is -0.193. The van der Waals surface area contributed by atoms with Gasteiger partial charge >= 0.3 is 30.3 Å². The lowest BCUT2D eigenvalue weighted by Crippen LogP contribution is -2.33. The van der Waals surface area contributed by atoms with Crippen molar-refractivity contribution in [3.63, 3.8) is 0 Å². The minimum atomic E-state index is -5.08. The second-order valence-electron chi connectivity index (χ2n) is 11.7. The van der Waals surface area contributed by atoms with Crippen LogP contribution >= 0.6 is 0 Å². The standard InChI is InChI=1S/C32H37N7O2.2C2HF3O2/c1-3-29-36-25-12-6-7-14-28(25)39(29)19-17-30(40)37-26(13-8-9-18-34-32(41)33-2)31-35-21-27(38-31)24-16-15-22-10-4-5-11-23(22)20-24;2*3-2(4,5)1(6)7/h4-7,10-12,14-16,20-21,26H,3,8-9,13,17-19H2,1-2H3,(H,35,38)(H,37,40)(H2,33,34,41);2*(H,6,7)/t26-;;/m0../s1. The molecule has 5 aromatic rings. The van der Waals surface area contributed by atoms with E-state index in [1.165, 1.54) is 5.39 Å². The number of imidazole rings is 2. The smallest absolute Gasteiger partial charge is 0.475 e. The summed E-state index contributed by atoms with van der Waals surface area (Å²) < 4.78 is 65.6. The molecule has 0 fully saturated rings. The van der Waals surface area contributed by atoms with Gasteiger partial charge in [0.05, 0.1) is 29.0 Å². The topological polar surface area (TPSA) is 191 Å². The molecule has 0 aliphatic heterocycles. The number of nitrogens with zero attached hydrogens (tertiary/aromatic N) is 3. The number of aromatic nitrogens is 4. The van der Waals surface area contributed by atoms with E-state index in [4.69, 9.17) is 24.8 Å². The van der Waals surface area contributed by atoms with Crippen LogP contribution in [0.15, 0.2) is 72.9 Å². The van der Waals surface area contributed by atoms with E-state index in [1.807, 2.05) is 42.6 Å². The van der Waals surface area contributed by atoms with Gasteiger partial charge in [-0.05, 0) is 48.2 Å². The van der Waals surface area contributed by atoms with Gasteiger partial charge in [0.15, 0.2) is 0 Å². The number of halogens is 6. The fraction of sp³-hybridized carbons (Fsp3) is 0.333. The minimum Gasteiger partial charge on any atom is -0.475 e. The van der Waals surface area contributed by atoms with Gasteiger partial charge < -0.3 is 35.7 Å². The van der Waals surface area contributed by atoms with Gasteiger partial charge in [-0.1, -0.05) is 55.5 Å². The molecular formula is C36H39F6N7O6. The van der Waals surface area contributed by atoms with Crippen molar-refractivity contribution in [1.82, 2.24) is 35.5 Å². The van der Waals surface area contributed by atoms with E-state index in [1.54, 1.807) is 7.05 Å². The maximum atomic E-state index is 13.2. The molecule has 0 aliphatic rings. The number of amides is 3. The van der Waals surface area contributed by atoms with Crippen LogP contribution in [0.3, 0.4) is 0 Å². The number of urea groups is 1. The Morgan fingerprint density at radius 1 is 0.873 bits per heavy atom. The number of carbonyl (C=O) groups is 4. The summed E-state index contributed by atoms with van der Waals surface area (Å²) in [4.78, 5) is 55.4. The first-order chi connectivity index (χ1) is 25.9. The Labute approximate surface area is 310 Å². The van der Waals surface area contributed by atoms with E-state index in [-0.39, 0.29) is 18.0 Å². The number of fused-ring (bicyclic) bond motifs is 2. The number of carboxylic acid groups (broad SMARTS) is 2. The molecule has 2 aromatic heterocycles. The summed E-state index contributed by atoms with van der Waals surface area (Å²) in [6, 6.07) is 22.2. The van der Waals surface area contributed by atoms with Crippen molar-refractivity contribution in [2.45, 2.75) is 64.0 Å². The number of nitrogens with one attached hydrogen (secondary N) is 4. The molecule has 55 heavy (non-hydrogen) atoms. The van der Waals surface area contributed by atoms with E-state index < -0.39 is 24.3 Å². The molecule has 0 saturated carbocycles. The van der Waals surface area contributed by atoms with Gasteiger partial charge in [-0.15, -0.1) is 0 Å². The number of para-hydroxylation sites is 2. The van der Waals surface area contributed by atoms with Crippen molar-refractivity contribution >= 4 is 45.7 Å². The Hall–Kier alpha value is -6.14. The molecule has 3 amide bonds. The molecule has 3 aromatic carbocycles.